The summed E-state index contributed by atoms with van der Waals surface area (Å²) in [6, 6.07) is 7.98. The Balaban J connectivity index is 1.72. The average molecular weight is 399 g/mol. The van der Waals surface area contributed by atoms with E-state index in [1.54, 1.807) is 12.1 Å². The van der Waals surface area contributed by atoms with Gasteiger partial charge >= 0.3 is 0 Å². The van der Waals surface area contributed by atoms with Crippen LogP contribution in [-0.4, -0.2) is 43.4 Å². The summed E-state index contributed by atoms with van der Waals surface area (Å²) >= 11 is 0. The summed E-state index contributed by atoms with van der Waals surface area (Å²) in [6.07, 6.45) is 2.58. The number of hydrogen-bond acceptors (Lipinski definition) is 5. The van der Waals surface area contributed by atoms with E-state index < -0.39 is 28.0 Å². The molecule has 0 bridgehead atoms. The molecule has 1 heterocycles. The van der Waals surface area contributed by atoms with Crippen LogP contribution in [0.5, 0.6) is 5.75 Å². The fourth-order valence-corrected chi connectivity index (χ4v) is 3.38. The van der Waals surface area contributed by atoms with E-state index in [9.17, 15) is 24.4 Å². The van der Waals surface area contributed by atoms with E-state index in [2.05, 4.69) is 6.92 Å². The molecule has 0 aromatic heterocycles. The normalized spacial score (nSPS) is 15.0. The summed E-state index contributed by atoms with van der Waals surface area (Å²) in [5, 5.41) is 22.3. The fourth-order valence-electron chi connectivity index (χ4n) is 3.38. The number of allylic oxidation sites excluding steroid dienone is 1. The summed E-state index contributed by atoms with van der Waals surface area (Å²) < 4.78 is 14.6. The first-order valence-electron chi connectivity index (χ1n) is 9.45. The number of hydrogen-bond donors (Lipinski definition) is 1. The molecule has 1 N–H and O–H groups in total. The highest BCUT2D eigenvalue weighted by molar-refractivity contribution is 6.07. The Bertz CT molecular complexity index is 953. The standard InChI is InChI=1S/C21H22FN3O4/c1-2-23-9-11-24(12-10-23)18-6-5-16(14-17(18)22)20(26)7-3-15-4-8-21(27)19(13-15)25(28)29/h3-8,13-14,27H,2,9-12H2,1H3/b7-3+. The van der Waals surface area contributed by atoms with Gasteiger partial charge in [-0.1, -0.05) is 18.2 Å². The third kappa shape index (κ3) is 4.78. The van der Waals surface area contributed by atoms with E-state index in [1.807, 2.05) is 4.90 Å². The van der Waals surface area contributed by atoms with E-state index in [0.29, 0.717) is 11.3 Å². The van der Waals surface area contributed by atoms with Gasteiger partial charge in [0.05, 0.1) is 43.3 Å². The smallest absolute Gasteiger partial charge is 0.262 e. The second-order valence-corrected chi connectivity index (χ2v) is 6.94. The van der Waals surface area contributed by atoms with Crippen LogP contribution in [-0.2, 0) is 0 Å². The van der Waals surface area contributed by atoms with Crippen molar-refractivity contribution in [1.29, 1.82) is 0 Å². The Hall–Kier alpha value is -3.26. The summed E-state index contributed by atoms with van der Waals surface area (Å²) in [4.78, 5) is 25.9. The zero-order valence-electron chi connectivity index (χ0n) is 16.1. The third-order valence-corrected chi connectivity index (χ3v) is 5.15. The Morgan fingerprint density at radius 2 is 1.97 bits per heavy atom. The Labute approximate surface area is 167 Å². The Kier molecular flexibility index (Phi) is 6.23. The number of likely N-dealkylation sites (N-methyl/N-ethyl adjacent to an activating group) is 1. The number of halogens is 1. The minimum atomic E-state index is -0.766. The number of nitro groups is 1. The Morgan fingerprint density at radius 3 is 2.59 bits per heavy atom. The number of rotatable bonds is 6. The topological polar surface area (TPSA) is 91.0 Å². The minimum Gasteiger partial charge on any atom is -0.868 e. The number of anilines is 1. The maximum atomic E-state index is 14.6. The maximum absolute atomic E-state index is 14.6. The summed E-state index contributed by atoms with van der Waals surface area (Å²) in [5.74, 6) is -1.57. The van der Waals surface area contributed by atoms with Crippen molar-refractivity contribution in [2.45, 2.75) is 6.92 Å². The summed E-state index contributed by atoms with van der Waals surface area (Å²) in [6.45, 7) is 6.62. The number of carbonyl (C=O) groups is 1. The molecule has 152 valence electrons. The van der Waals surface area contributed by atoms with Gasteiger partial charge < -0.3 is 14.9 Å². The minimum absolute atomic E-state index is 0.190. The van der Waals surface area contributed by atoms with Crippen LogP contribution in [0.15, 0.2) is 42.5 Å². The number of piperazine rings is 1. The molecule has 0 unspecified atom stereocenters. The largest absolute Gasteiger partial charge is 0.868 e. The highest BCUT2D eigenvalue weighted by Gasteiger charge is 2.21. The second kappa shape index (κ2) is 8.83. The van der Waals surface area contributed by atoms with Gasteiger partial charge in [0.25, 0.3) is 5.69 Å². The molecule has 29 heavy (non-hydrogen) atoms. The quantitative estimate of drug-likeness (QED) is 0.343. The summed E-state index contributed by atoms with van der Waals surface area (Å²) in [5.41, 5.74) is 0.468. The van der Waals surface area contributed by atoms with Crippen LogP contribution < -0.4 is 14.9 Å². The lowest BCUT2D eigenvalue weighted by Gasteiger charge is -2.33. The van der Waals surface area contributed by atoms with Gasteiger partial charge in [0, 0.05) is 11.6 Å². The molecule has 0 saturated carbocycles. The molecule has 0 atom stereocenters. The third-order valence-electron chi connectivity index (χ3n) is 5.15. The van der Waals surface area contributed by atoms with Crippen LogP contribution in [0, 0.1) is 15.9 Å². The van der Waals surface area contributed by atoms with Gasteiger partial charge in [-0.05, 0) is 42.5 Å². The zero-order valence-corrected chi connectivity index (χ0v) is 16.1. The van der Waals surface area contributed by atoms with Crippen molar-refractivity contribution in [3.05, 3.63) is 69.5 Å². The summed E-state index contributed by atoms with van der Waals surface area (Å²) in [7, 11) is 0. The van der Waals surface area contributed by atoms with Crippen molar-refractivity contribution >= 4 is 23.2 Å². The molecule has 0 amide bonds. The van der Waals surface area contributed by atoms with Gasteiger partial charge in [-0.3, -0.25) is 14.9 Å². The van der Waals surface area contributed by atoms with Gasteiger partial charge in [-0.15, -0.1) is 0 Å². The SMILES string of the molecule is CC[NH+]1CCN(c2ccc(C(=O)/C=C/c3ccc([O-])c([N+](=O)[O-])c3)cc2F)CC1. The highest BCUT2D eigenvalue weighted by atomic mass is 19.1. The van der Waals surface area contributed by atoms with E-state index in [0.717, 1.165) is 44.9 Å². The average Bonchev–Trinajstić information content (AvgIpc) is 2.72. The number of nitrogens with one attached hydrogen (secondary N) is 1. The van der Waals surface area contributed by atoms with Crippen LogP contribution in [0.2, 0.25) is 0 Å². The molecule has 3 rings (SSSR count). The number of nitrogens with zero attached hydrogens (tertiary/aromatic N) is 2. The maximum Gasteiger partial charge on any atom is 0.262 e. The van der Waals surface area contributed by atoms with Crippen LogP contribution in [0.25, 0.3) is 6.08 Å². The van der Waals surface area contributed by atoms with E-state index in [4.69, 9.17) is 0 Å². The van der Waals surface area contributed by atoms with Crippen molar-refractivity contribution in [1.82, 2.24) is 0 Å². The molecule has 0 spiro atoms. The molecule has 1 saturated heterocycles. The lowest BCUT2D eigenvalue weighted by molar-refractivity contribution is -0.898. The first kappa shape index (κ1) is 20.5. The van der Waals surface area contributed by atoms with E-state index >= 15 is 0 Å². The van der Waals surface area contributed by atoms with Gasteiger partial charge in [0.2, 0.25) is 0 Å². The lowest BCUT2D eigenvalue weighted by atomic mass is 10.1. The van der Waals surface area contributed by atoms with Crippen LogP contribution in [0.4, 0.5) is 15.8 Å². The Morgan fingerprint density at radius 1 is 1.24 bits per heavy atom. The van der Waals surface area contributed by atoms with E-state index in [1.165, 1.54) is 29.2 Å². The second-order valence-electron chi connectivity index (χ2n) is 6.94. The monoisotopic (exact) mass is 399 g/mol. The van der Waals surface area contributed by atoms with Gasteiger partial charge in [-0.25, -0.2) is 4.39 Å². The molecular formula is C21H22FN3O4. The zero-order chi connectivity index (χ0) is 21.0. The fraction of sp³-hybridized carbons (Fsp3) is 0.286. The van der Waals surface area contributed by atoms with Gasteiger partial charge in [0.15, 0.2) is 5.78 Å². The number of benzene rings is 2. The molecule has 8 heteroatoms. The molecule has 1 aliphatic rings. The molecular weight excluding hydrogens is 377 g/mol. The van der Waals surface area contributed by atoms with Gasteiger partial charge in [-0.2, -0.15) is 0 Å². The first-order chi connectivity index (χ1) is 13.9. The molecule has 0 aliphatic carbocycles. The van der Waals surface area contributed by atoms with Gasteiger partial charge in [0.1, 0.15) is 5.82 Å². The van der Waals surface area contributed by atoms with E-state index in [-0.39, 0.29) is 5.56 Å². The molecule has 2 aromatic rings. The van der Waals surface area contributed by atoms with Crippen LogP contribution in [0.3, 0.4) is 0 Å². The highest BCUT2D eigenvalue weighted by Crippen LogP contribution is 2.25. The number of ketones is 1. The molecule has 1 aliphatic heterocycles. The molecule has 7 nitrogen and oxygen atoms in total. The number of carbonyl (C=O) groups excluding carboxylic acids is 1. The van der Waals surface area contributed by atoms with Crippen molar-refractivity contribution in [3.8, 4) is 5.75 Å². The van der Waals surface area contributed by atoms with Crippen molar-refractivity contribution in [2.75, 3.05) is 37.6 Å². The molecule has 0 radical (unpaired) electrons. The first-order valence-corrected chi connectivity index (χ1v) is 9.45. The number of quaternary nitrogens is 1. The van der Waals surface area contributed by atoms with Crippen molar-refractivity contribution in [2.24, 2.45) is 0 Å². The number of nitro benzene ring substituents is 1. The molecule has 2 aromatic carbocycles. The van der Waals surface area contributed by atoms with Crippen LogP contribution in [0.1, 0.15) is 22.8 Å². The van der Waals surface area contributed by atoms with Crippen molar-refractivity contribution in [3.63, 3.8) is 0 Å². The van der Waals surface area contributed by atoms with Crippen molar-refractivity contribution < 1.29 is 24.1 Å². The molecule has 1 fully saturated rings. The predicted octanol–water partition coefficient (Wildman–Crippen LogP) is 1.43. The predicted molar refractivity (Wildman–Crippen MR) is 106 cm³/mol. The van der Waals surface area contributed by atoms with Crippen LogP contribution >= 0.6 is 0 Å². The lowest BCUT2D eigenvalue weighted by Crippen LogP contribution is -3.14.